The lowest BCUT2D eigenvalue weighted by molar-refractivity contribution is -0.133. The van der Waals surface area contributed by atoms with Gasteiger partial charge in [0, 0.05) is 18.7 Å². The number of para-hydroxylation sites is 2. The number of likely N-dealkylation sites (N-methyl/N-ethyl adjacent to an activating group) is 1. The maximum absolute atomic E-state index is 13.4. The number of esters is 2. The fourth-order valence-electron chi connectivity index (χ4n) is 3.26. The summed E-state index contributed by atoms with van der Waals surface area (Å²) in [6.45, 7) is 1.07. The van der Waals surface area contributed by atoms with Gasteiger partial charge in [0.2, 0.25) is 5.88 Å². The molecule has 0 spiro atoms. The Kier molecular flexibility index (Phi) is 8.07. The first kappa shape index (κ1) is 25.3. The topological polar surface area (TPSA) is 104 Å². The van der Waals surface area contributed by atoms with E-state index in [1.165, 1.54) is 6.08 Å². The minimum Gasteiger partial charge on any atom is -0.488 e. The van der Waals surface area contributed by atoms with Crippen molar-refractivity contribution in [2.45, 2.75) is 0 Å². The molecule has 9 heteroatoms. The van der Waals surface area contributed by atoms with E-state index in [1.807, 2.05) is 49.3 Å². The quantitative estimate of drug-likeness (QED) is 0.244. The number of hydrogen-bond acceptors (Lipinski definition) is 9. The smallest absolute Gasteiger partial charge is 0.336 e. The summed E-state index contributed by atoms with van der Waals surface area (Å²) < 4.78 is 22.5. The number of pyridine rings is 1. The Morgan fingerprint density at radius 1 is 0.946 bits per heavy atom. The molecule has 188 valence electrons. The third kappa shape index (κ3) is 6.68. The van der Waals surface area contributed by atoms with Crippen LogP contribution in [-0.4, -0.2) is 54.9 Å². The summed E-state index contributed by atoms with van der Waals surface area (Å²) in [5, 5.41) is 0. The largest absolute Gasteiger partial charge is 0.488 e. The minimum absolute atomic E-state index is 0.154. The maximum atomic E-state index is 13.4. The third-order valence-corrected chi connectivity index (χ3v) is 5.06. The van der Waals surface area contributed by atoms with Crippen LogP contribution in [0.3, 0.4) is 0 Å². The van der Waals surface area contributed by atoms with Crippen molar-refractivity contribution in [2.75, 3.05) is 27.2 Å². The van der Waals surface area contributed by atoms with E-state index in [2.05, 4.69) is 4.98 Å². The average Bonchev–Trinajstić information content (AvgIpc) is 2.88. The monoisotopic (exact) mass is 500 g/mol. The predicted molar refractivity (Wildman–Crippen MR) is 135 cm³/mol. The van der Waals surface area contributed by atoms with Crippen molar-refractivity contribution >= 4 is 23.8 Å². The second-order valence-electron chi connectivity index (χ2n) is 8.12. The van der Waals surface area contributed by atoms with Gasteiger partial charge >= 0.3 is 11.9 Å². The van der Waals surface area contributed by atoms with E-state index in [0.29, 0.717) is 24.7 Å². The molecule has 2 heterocycles. The molecule has 2 aromatic carbocycles. The maximum Gasteiger partial charge on any atom is 0.336 e. The average molecular weight is 501 g/mol. The highest BCUT2D eigenvalue weighted by Gasteiger charge is 2.28. The molecule has 0 aliphatic carbocycles. The number of rotatable bonds is 9. The van der Waals surface area contributed by atoms with Crippen LogP contribution in [0, 0.1) is 0 Å². The molecular formula is C28H24N2O7. The van der Waals surface area contributed by atoms with Crippen molar-refractivity contribution in [2.24, 2.45) is 0 Å². The summed E-state index contributed by atoms with van der Waals surface area (Å²) in [5.74, 6) is -2.15. The Balaban J connectivity index is 1.75. The molecule has 0 N–H and O–H groups in total. The van der Waals surface area contributed by atoms with Crippen LogP contribution in [0.25, 0.3) is 6.08 Å². The molecule has 0 saturated heterocycles. The van der Waals surface area contributed by atoms with Crippen molar-refractivity contribution in [1.29, 1.82) is 0 Å². The number of ether oxygens (including phenoxy) is 4. The van der Waals surface area contributed by atoms with Gasteiger partial charge in [0.05, 0.1) is 6.20 Å². The number of hydrogen-bond donors (Lipinski definition) is 0. The van der Waals surface area contributed by atoms with Gasteiger partial charge in [-0.05, 0) is 37.9 Å². The molecule has 0 radical (unpaired) electrons. The van der Waals surface area contributed by atoms with Gasteiger partial charge < -0.3 is 23.8 Å². The molecular weight excluding hydrogens is 476 g/mol. The molecule has 0 atom stereocenters. The number of ketones is 1. The molecule has 9 nitrogen and oxygen atoms in total. The minimum atomic E-state index is -0.858. The predicted octanol–water partition coefficient (Wildman–Crippen LogP) is 4.09. The number of aromatic nitrogens is 1. The van der Waals surface area contributed by atoms with Gasteiger partial charge in [-0.25, -0.2) is 14.6 Å². The number of carbonyl (C=O) groups excluding carboxylic acids is 3. The third-order valence-electron chi connectivity index (χ3n) is 5.06. The van der Waals surface area contributed by atoms with Crippen LogP contribution in [0.5, 0.6) is 28.9 Å². The van der Waals surface area contributed by atoms with Gasteiger partial charge in [-0.1, -0.05) is 48.5 Å². The number of carbonyl (C=O) groups is 3. The van der Waals surface area contributed by atoms with Crippen LogP contribution < -0.4 is 18.9 Å². The zero-order valence-corrected chi connectivity index (χ0v) is 20.2. The normalized spacial score (nSPS) is 13.8. The second kappa shape index (κ2) is 11.8. The van der Waals surface area contributed by atoms with E-state index in [0.717, 1.165) is 23.9 Å². The standard InChI is InChI=1S/C28H24N2O7/c1-30(2)16-17-34-21-10-6-7-11-22(21)36-28-26(20(31)13-12-19-8-4-3-5-9-19)27-23(18-29-28)35-24(32)14-15-25(33)37-27/h3-15,18H,16-17H2,1-2H3/b13-12+,15-14-. The summed E-state index contributed by atoms with van der Waals surface area (Å²) in [7, 11) is 3.86. The lowest BCUT2D eigenvalue weighted by Crippen LogP contribution is -2.19. The van der Waals surface area contributed by atoms with Crippen molar-refractivity contribution in [3.63, 3.8) is 0 Å². The zero-order valence-electron chi connectivity index (χ0n) is 20.2. The fraction of sp³-hybridized carbons (Fsp3) is 0.143. The first-order chi connectivity index (χ1) is 17.9. The molecule has 0 saturated carbocycles. The highest BCUT2D eigenvalue weighted by atomic mass is 16.6. The molecule has 0 bridgehead atoms. The zero-order chi connectivity index (χ0) is 26.2. The Bertz CT molecular complexity index is 1360. The first-order valence-corrected chi connectivity index (χ1v) is 11.4. The van der Waals surface area contributed by atoms with Gasteiger partial charge in [-0.15, -0.1) is 0 Å². The molecule has 37 heavy (non-hydrogen) atoms. The summed E-state index contributed by atoms with van der Waals surface area (Å²) in [4.78, 5) is 43.9. The van der Waals surface area contributed by atoms with Crippen molar-refractivity contribution in [3.05, 3.63) is 90.1 Å². The number of allylic oxidation sites excluding steroid dienone is 1. The van der Waals surface area contributed by atoms with Crippen LogP contribution in [0.15, 0.2) is 79.0 Å². The molecule has 0 amide bonds. The Morgan fingerprint density at radius 3 is 2.35 bits per heavy atom. The highest BCUT2D eigenvalue weighted by molar-refractivity contribution is 6.11. The second-order valence-corrected chi connectivity index (χ2v) is 8.12. The lowest BCUT2D eigenvalue weighted by atomic mass is 10.1. The van der Waals surface area contributed by atoms with E-state index in [4.69, 9.17) is 18.9 Å². The van der Waals surface area contributed by atoms with E-state index >= 15 is 0 Å². The van der Waals surface area contributed by atoms with E-state index in [9.17, 15) is 14.4 Å². The van der Waals surface area contributed by atoms with Crippen molar-refractivity contribution in [1.82, 2.24) is 9.88 Å². The summed E-state index contributed by atoms with van der Waals surface area (Å²) in [6, 6.07) is 16.1. The molecule has 4 rings (SSSR count). The first-order valence-electron chi connectivity index (χ1n) is 11.4. The van der Waals surface area contributed by atoms with Crippen LogP contribution in [0.4, 0.5) is 0 Å². The Labute approximate surface area is 213 Å². The number of benzene rings is 2. The van der Waals surface area contributed by atoms with E-state index in [1.54, 1.807) is 30.3 Å². The Hall–Kier alpha value is -4.76. The van der Waals surface area contributed by atoms with Crippen LogP contribution >= 0.6 is 0 Å². The molecule has 1 aliphatic rings. The van der Waals surface area contributed by atoms with E-state index < -0.39 is 17.7 Å². The van der Waals surface area contributed by atoms with E-state index in [-0.39, 0.29) is 22.9 Å². The van der Waals surface area contributed by atoms with Crippen molar-refractivity contribution in [3.8, 4) is 28.9 Å². The summed E-state index contributed by atoms with van der Waals surface area (Å²) >= 11 is 0. The van der Waals surface area contributed by atoms with Gasteiger partial charge in [0.1, 0.15) is 12.2 Å². The van der Waals surface area contributed by atoms with Crippen LogP contribution in [0.2, 0.25) is 0 Å². The molecule has 1 aliphatic heterocycles. The molecule has 1 aromatic heterocycles. The molecule has 0 unspecified atom stereocenters. The van der Waals surface area contributed by atoms with Gasteiger partial charge in [0.25, 0.3) is 0 Å². The van der Waals surface area contributed by atoms with Crippen LogP contribution in [-0.2, 0) is 9.59 Å². The summed E-state index contributed by atoms with van der Waals surface area (Å²) in [5.41, 5.74) is 0.584. The molecule has 0 fully saturated rings. The lowest BCUT2D eigenvalue weighted by Gasteiger charge is -2.18. The summed E-state index contributed by atoms with van der Waals surface area (Å²) in [6.07, 6.45) is 5.88. The van der Waals surface area contributed by atoms with Crippen LogP contribution in [0.1, 0.15) is 15.9 Å². The van der Waals surface area contributed by atoms with Crippen molar-refractivity contribution < 1.29 is 33.3 Å². The SMILES string of the molecule is CN(C)CCOc1ccccc1Oc1ncc2c(c1C(=O)/C=C/c1ccccc1)OC(=O)/C=C\C(=O)O2. The number of fused-ring (bicyclic) bond motifs is 1. The van der Waals surface area contributed by atoms with Gasteiger partial charge in [-0.3, -0.25) is 4.79 Å². The van der Waals surface area contributed by atoms with Gasteiger partial charge in [0.15, 0.2) is 28.8 Å². The van der Waals surface area contributed by atoms with Gasteiger partial charge in [-0.2, -0.15) is 0 Å². The fourth-order valence-corrected chi connectivity index (χ4v) is 3.26. The highest BCUT2D eigenvalue weighted by Crippen LogP contribution is 2.40. The number of nitrogens with zero attached hydrogens (tertiary/aromatic N) is 2. The Morgan fingerprint density at radius 2 is 1.62 bits per heavy atom. The molecule has 3 aromatic rings.